The Hall–Kier alpha value is 0.843. The molecule has 0 fully saturated rings. The van der Waals surface area contributed by atoms with Gasteiger partial charge in [-0.25, -0.2) is 0 Å². The van der Waals surface area contributed by atoms with E-state index in [4.69, 9.17) is 5.11 Å². The van der Waals surface area contributed by atoms with E-state index in [-0.39, 0.29) is 32.8 Å². The van der Waals surface area contributed by atoms with Crippen LogP contribution in [-0.4, -0.2) is 37.9 Å². The van der Waals surface area contributed by atoms with Crippen LogP contribution in [0.1, 0.15) is 6.92 Å². The Morgan fingerprint density at radius 3 is 1.75 bits per heavy atom. The summed E-state index contributed by atoms with van der Waals surface area (Å²) in [5, 5.41) is 7.57. The van der Waals surface area contributed by atoms with E-state index in [1.165, 1.54) is 0 Å². The molecule has 0 aromatic rings. The maximum absolute atomic E-state index is 7.57. The third-order valence-electron chi connectivity index (χ3n) is 0. The van der Waals surface area contributed by atoms with Crippen molar-refractivity contribution in [3.63, 3.8) is 0 Å². The molecule has 0 bridgehead atoms. The van der Waals surface area contributed by atoms with Gasteiger partial charge in [-0.2, -0.15) is 0 Å². The first-order chi connectivity index (χ1) is 1.41. The van der Waals surface area contributed by atoms with Gasteiger partial charge in [-0.1, -0.05) is 0 Å². The first kappa shape index (κ1) is 8.85. The molecule has 0 amide bonds. The summed E-state index contributed by atoms with van der Waals surface area (Å²) in [6.45, 7) is 1.93. The van der Waals surface area contributed by atoms with Gasteiger partial charge in [-0.05, 0) is 6.92 Å². The predicted molar refractivity (Wildman–Crippen MR) is 22.7 cm³/mol. The van der Waals surface area contributed by atoms with Crippen molar-refractivity contribution in [2.24, 2.45) is 0 Å². The van der Waals surface area contributed by atoms with Crippen molar-refractivity contribution in [3.05, 3.63) is 0 Å². The summed E-state index contributed by atoms with van der Waals surface area (Å²) in [5.41, 5.74) is 0. The Kier molecular flexibility index (Phi) is 20.2. The van der Waals surface area contributed by atoms with Gasteiger partial charge in [-0.3, -0.25) is 0 Å². The summed E-state index contributed by atoms with van der Waals surface area (Å²) < 4.78 is 0. The first-order valence-corrected chi connectivity index (χ1v) is 1.02. The van der Waals surface area contributed by atoms with Gasteiger partial charge >= 0.3 is 26.2 Å². The van der Waals surface area contributed by atoms with Crippen LogP contribution in [0.4, 0.5) is 0 Å². The maximum atomic E-state index is 7.57. The molecule has 0 atom stereocenters. The van der Waals surface area contributed by atoms with E-state index in [0.717, 1.165) is 0 Å². The molecule has 0 heterocycles. The zero-order valence-corrected chi connectivity index (χ0v) is 8.36. The van der Waals surface area contributed by atoms with Gasteiger partial charge in [0.2, 0.25) is 0 Å². The Labute approximate surface area is 45.1 Å². The summed E-state index contributed by atoms with van der Waals surface area (Å²) in [6, 6.07) is 0. The molecule has 0 radical (unpaired) electrons. The second-order valence-electron chi connectivity index (χ2n) is 0.316. The fourth-order valence-electron chi connectivity index (χ4n) is 0. The van der Waals surface area contributed by atoms with Crippen molar-refractivity contribution in [1.82, 2.24) is 0 Å². The summed E-state index contributed by atoms with van der Waals surface area (Å²) in [7, 11) is 0. The molecule has 1 N–H and O–H groups in total. The van der Waals surface area contributed by atoms with Crippen LogP contribution in [-0.2, 0) is 0 Å². The molecule has 0 saturated heterocycles. The average Bonchev–Trinajstić information content (AvgIpc) is 0.918. The van der Waals surface area contributed by atoms with E-state index in [1.807, 2.05) is 0 Å². The molecule has 0 unspecified atom stereocenters. The SMILES string of the molecule is CCO.[BiH3]. The van der Waals surface area contributed by atoms with Crippen molar-refractivity contribution < 1.29 is 5.11 Å². The molecule has 0 aliphatic heterocycles. The third-order valence-corrected chi connectivity index (χ3v) is 0. The fourth-order valence-corrected chi connectivity index (χ4v) is 0. The predicted octanol–water partition coefficient (Wildman–Crippen LogP) is -1.19. The van der Waals surface area contributed by atoms with E-state index in [9.17, 15) is 0 Å². The van der Waals surface area contributed by atoms with Gasteiger partial charge in [0, 0.05) is 6.61 Å². The molecule has 0 spiro atoms. The van der Waals surface area contributed by atoms with Crippen molar-refractivity contribution in [2.45, 2.75) is 6.92 Å². The molecule has 0 rings (SSSR count). The normalized spacial score (nSPS) is 4.50. The summed E-state index contributed by atoms with van der Waals surface area (Å²) >= 11 is 0. The zero-order valence-electron chi connectivity index (χ0n) is 2.86. The van der Waals surface area contributed by atoms with Gasteiger partial charge in [0.25, 0.3) is 0 Å². The molecule has 4 heavy (non-hydrogen) atoms. The summed E-state index contributed by atoms with van der Waals surface area (Å²) in [6.07, 6.45) is 0. The molecule has 0 aliphatic rings. The first-order valence-electron chi connectivity index (χ1n) is 1.02. The van der Waals surface area contributed by atoms with Crippen LogP contribution in [0.15, 0.2) is 0 Å². The second-order valence-corrected chi connectivity index (χ2v) is 0.316. The van der Waals surface area contributed by atoms with E-state index in [0.29, 0.717) is 0 Å². The Balaban J connectivity index is 0. The van der Waals surface area contributed by atoms with Crippen molar-refractivity contribution >= 4 is 26.2 Å². The molecule has 0 saturated carbocycles. The van der Waals surface area contributed by atoms with E-state index in [1.54, 1.807) is 6.92 Å². The standard InChI is InChI=1S/C2H6O.Bi.3H/c1-2-3;;;;/h3H,2H2,1H3;;;;. The molecule has 0 aromatic heterocycles. The van der Waals surface area contributed by atoms with Gasteiger partial charge in [-0.15, -0.1) is 0 Å². The van der Waals surface area contributed by atoms with Crippen LogP contribution in [0.25, 0.3) is 0 Å². The van der Waals surface area contributed by atoms with Gasteiger partial charge < -0.3 is 5.11 Å². The average molecular weight is 258 g/mol. The minimum absolute atomic E-state index is 0. The Morgan fingerprint density at radius 1 is 1.75 bits per heavy atom. The number of hydrogen-bond donors (Lipinski definition) is 1. The quantitative estimate of drug-likeness (QED) is 0.542. The molecular weight excluding hydrogens is 249 g/mol. The number of aliphatic hydroxyl groups is 1. The second kappa shape index (κ2) is 9.14. The third kappa shape index (κ3) is 13.6. The van der Waals surface area contributed by atoms with Crippen LogP contribution in [0.5, 0.6) is 0 Å². The van der Waals surface area contributed by atoms with Crippen molar-refractivity contribution in [2.75, 3.05) is 6.61 Å². The Morgan fingerprint density at radius 2 is 1.75 bits per heavy atom. The number of rotatable bonds is 0. The molecule has 0 aromatic carbocycles. The van der Waals surface area contributed by atoms with E-state index < -0.39 is 0 Å². The molecule has 28 valence electrons. The van der Waals surface area contributed by atoms with Crippen LogP contribution < -0.4 is 0 Å². The monoisotopic (exact) mass is 258 g/mol. The number of hydrogen-bond acceptors (Lipinski definition) is 1. The van der Waals surface area contributed by atoms with Gasteiger partial charge in [0.1, 0.15) is 0 Å². The minimum atomic E-state index is 0. The topological polar surface area (TPSA) is 20.2 Å². The Bertz CT molecular complexity index is 6.00. The van der Waals surface area contributed by atoms with Crippen molar-refractivity contribution in [3.8, 4) is 0 Å². The number of aliphatic hydroxyl groups excluding tert-OH is 1. The van der Waals surface area contributed by atoms with Crippen LogP contribution >= 0.6 is 0 Å². The molecule has 2 heteroatoms. The van der Waals surface area contributed by atoms with Crippen LogP contribution in [0.2, 0.25) is 0 Å². The molecule has 1 nitrogen and oxygen atoms in total. The molecule has 0 aliphatic carbocycles. The van der Waals surface area contributed by atoms with E-state index in [2.05, 4.69) is 0 Å². The van der Waals surface area contributed by atoms with Gasteiger partial charge in [0.15, 0.2) is 0 Å². The summed E-state index contributed by atoms with van der Waals surface area (Å²) in [4.78, 5) is 0. The molecular formula is C2H9BiO. The van der Waals surface area contributed by atoms with Crippen molar-refractivity contribution in [1.29, 1.82) is 0 Å². The van der Waals surface area contributed by atoms with E-state index >= 15 is 0 Å². The van der Waals surface area contributed by atoms with Crippen LogP contribution in [0.3, 0.4) is 0 Å². The zero-order chi connectivity index (χ0) is 2.71. The summed E-state index contributed by atoms with van der Waals surface area (Å²) in [5.74, 6) is 0. The fraction of sp³-hybridized carbons (Fsp3) is 1.00. The van der Waals surface area contributed by atoms with Gasteiger partial charge in [0.05, 0.1) is 0 Å². The van der Waals surface area contributed by atoms with Crippen LogP contribution in [0, 0.1) is 0 Å².